The average Bonchev–Trinajstić information content (AvgIpc) is 2.37. The van der Waals surface area contributed by atoms with Crippen molar-refractivity contribution in [3.05, 3.63) is 63.4 Å². The van der Waals surface area contributed by atoms with E-state index in [9.17, 15) is 9.18 Å². The van der Waals surface area contributed by atoms with Crippen LogP contribution in [-0.2, 0) is 6.61 Å². The number of aryl methyl sites for hydroxylation is 1. The number of primary amides is 1. The lowest BCUT2D eigenvalue weighted by Gasteiger charge is -2.11. The van der Waals surface area contributed by atoms with Crippen LogP contribution in [0.4, 0.5) is 4.39 Å². The van der Waals surface area contributed by atoms with Crippen LogP contribution in [-0.4, -0.2) is 5.91 Å². The topological polar surface area (TPSA) is 52.3 Å². The van der Waals surface area contributed by atoms with Crippen LogP contribution < -0.4 is 10.5 Å². The van der Waals surface area contributed by atoms with Gasteiger partial charge in [-0.25, -0.2) is 4.39 Å². The maximum Gasteiger partial charge on any atom is 0.252 e. The first-order valence-electron chi connectivity index (χ1n) is 5.94. The Kier molecular flexibility index (Phi) is 4.39. The third-order valence-electron chi connectivity index (χ3n) is 2.80. The van der Waals surface area contributed by atoms with Gasteiger partial charge in [-0.2, -0.15) is 0 Å². The first-order valence-corrected chi connectivity index (χ1v) is 6.74. The quantitative estimate of drug-likeness (QED) is 0.927. The van der Waals surface area contributed by atoms with Crippen LogP contribution >= 0.6 is 15.9 Å². The smallest absolute Gasteiger partial charge is 0.252 e. The molecular formula is C15H13BrFNO2. The summed E-state index contributed by atoms with van der Waals surface area (Å²) in [5, 5.41) is 0. The Morgan fingerprint density at radius 2 is 2.05 bits per heavy atom. The molecule has 104 valence electrons. The fraction of sp³-hybridized carbons (Fsp3) is 0.133. The molecule has 0 saturated carbocycles. The van der Waals surface area contributed by atoms with Gasteiger partial charge >= 0.3 is 0 Å². The van der Waals surface area contributed by atoms with Crippen molar-refractivity contribution >= 4 is 21.8 Å². The van der Waals surface area contributed by atoms with Crippen LogP contribution in [0.3, 0.4) is 0 Å². The third kappa shape index (κ3) is 3.36. The zero-order chi connectivity index (χ0) is 14.7. The number of halogens is 2. The Hall–Kier alpha value is -1.88. The number of amides is 1. The zero-order valence-corrected chi connectivity index (χ0v) is 12.4. The van der Waals surface area contributed by atoms with Crippen molar-refractivity contribution in [2.75, 3.05) is 0 Å². The molecule has 0 aromatic heterocycles. The summed E-state index contributed by atoms with van der Waals surface area (Å²) in [6.07, 6.45) is 0. The Morgan fingerprint density at radius 3 is 2.70 bits per heavy atom. The maximum atomic E-state index is 13.0. The first-order chi connectivity index (χ1) is 9.47. The number of hydrogen-bond donors (Lipinski definition) is 1. The van der Waals surface area contributed by atoms with E-state index in [1.807, 2.05) is 6.92 Å². The van der Waals surface area contributed by atoms with E-state index in [1.165, 1.54) is 12.1 Å². The number of nitrogens with two attached hydrogens (primary N) is 1. The fourth-order valence-corrected chi connectivity index (χ4v) is 2.21. The van der Waals surface area contributed by atoms with Crippen LogP contribution in [0.1, 0.15) is 21.5 Å². The van der Waals surface area contributed by atoms with E-state index in [4.69, 9.17) is 10.5 Å². The molecule has 0 bridgehead atoms. The summed E-state index contributed by atoms with van der Waals surface area (Å²) in [5.74, 6) is -0.444. The molecule has 0 fully saturated rings. The van der Waals surface area contributed by atoms with Gasteiger partial charge in [-0.3, -0.25) is 4.79 Å². The molecule has 2 rings (SSSR count). The van der Waals surface area contributed by atoms with Crippen LogP contribution in [0, 0.1) is 12.7 Å². The molecule has 0 saturated heterocycles. The predicted octanol–water partition coefficient (Wildman–Crippen LogP) is 3.57. The van der Waals surface area contributed by atoms with Crippen molar-refractivity contribution in [2.45, 2.75) is 13.5 Å². The molecular weight excluding hydrogens is 325 g/mol. The Morgan fingerprint density at radius 1 is 1.30 bits per heavy atom. The van der Waals surface area contributed by atoms with Crippen molar-refractivity contribution in [1.82, 2.24) is 0 Å². The van der Waals surface area contributed by atoms with Crippen LogP contribution in [0.5, 0.6) is 5.75 Å². The highest BCUT2D eigenvalue weighted by Gasteiger charge is 2.10. The summed E-state index contributed by atoms with van der Waals surface area (Å²) in [6, 6.07) is 9.52. The summed E-state index contributed by atoms with van der Waals surface area (Å²) in [6.45, 7) is 2.11. The molecule has 0 spiro atoms. The number of ether oxygens (including phenoxy) is 1. The molecule has 2 aromatic rings. The van der Waals surface area contributed by atoms with Gasteiger partial charge in [-0.15, -0.1) is 0 Å². The van der Waals surface area contributed by atoms with Gasteiger partial charge < -0.3 is 10.5 Å². The molecule has 0 aliphatic heterocycles. The molecule has 2 aromatic carbocycles. The fourth-order valence-electron chi connectivity index (χ4n) is 1.75. The minimum atomic E-state index is -0.543. The van der Waals surface area contributed by atoms with Crippen molar-refractivity contribution in [3.8, 4) is 5.75 Å². The van der Waals surface area contributed by atoms with E-state index in [0.29, 0.717) is 15.8 Å². The lowest BCUT2D eigenvalue weighted by Crippen LogP contribution is -2.13. The molecule has 0 radical (unpaired) electrons. The number of carbonyl (C=O) groups is 1. The number of rotatable bonds is 4. The lowest BCUT2D eigenvalue weighted by atomic mass is 10.1. The average molecular weight is 338 g/mol. The Labute approximate surface area is 124 Å². The highest BCUT2D eigenvalue weighted by molar-refractivity contribution is 9.10. The summed E-state index contributed by atoms with van der Waals surface area (Å²) >= 11 is 3.27. The van der Waals surface area contributed by atoms with Gasteiger partial charge in [0.1, 0.15) is 18.2 Å². The highest BCUT2D eigenvalue weighted by Crippen LogP contribution is 2.24. The van der Waals surface area contributed by atoms with Crippen LogP contribution in [0.2, 0.25) is 0 Å². The van der Waals surface area contributed by atoms with Crippen molar-refractivity contribution < 1.29 is 13.9 Å². The van der Waals surface area contributed by atoms with Gasteiger partial charge in [0.05, 0.1) is 5.56 Å². The van der Waals surface area contributed by atoms with Crippen molar-refractivity contribution in [2.24, 2.45) is 5.73 Å². The van der Waals surface area contributed by atoms with E-state index < -0.39 is 5.91 Å². The van der Waals surface area contributed by atoms with E-state index in [-0.39, 0.29) is 12.4 Å². The van der Waals surface area contributed by atoms with Crippen molar-refractivity contribution in [1.29, 1.82) is 0 Å². The second kappa shape index (κ2) is 6.05. The number of benzene rings is 2. The lowest BCUT2D eigenvalue weighted by molar-refractivity contribution is 0.0996. The maximum absolute atomic E-state index is 13.0. The number of hydrogen-bond acceptors (Lipinski definition) is 2. The van der Waals surface area contributed by atoms with Gasteiger partial charge in [0.25, 0.3) is 5.91 Å². The molecule has 0 aliphatic rings. The minimum Gasteiger partial charge on any atom is -0.488 e. The monoisotopic (exact) mass is 337 g/mol. The Bertz CT molecular complexity index is 658. The number of carbonyl (C=O) groups excluding carboxylic acids is 1. The predicted molar refractivity (Wildman–Crippen MR) is 78.1 cm³/mol. The minimum absolute atomic E-state index is 0.213. The van der Waals surface area contributed by atoms with E-state index in [0.717, 1.165) is 11.1 Å². The molecule has 1 amide bonds. The molecule has 2 N–H and O–H groups in total. The molecule has 0 heterocycles. The standard InChI is InChI=1S/C15H13BrFNO2/c1-9-2-5-12(15(18)19)14(6-9)20-8-10-3-4-11(17)7-13(10)16/h2-7H,8H2,1H3,(H2,18,19). The molecule has 0 aliphatic carbocycles. The molecule has 20 heavy (non-hydrogen) atoms. The van der Waals surface area contributed by atoms with E-state index in [1.54, 1.807) is 24.3 Å². The van der Waals surface area contributed by atoms with Crippen LogP contribution in [0.15, 0.2) is 40.9 Å². The van der Waals surface area contributed by atoms with Gasteiger partial charge in [-0.1, -0.05) is 28.1 Å². The SMILES string of the molecule is Cc1ccc(C(N)=O)c(OCc2ccc(F)cc2Br)c1. The van der Waals surface area contributed by atoms with Gasteiger partial charge in [-0.05, 0) is 36.8 Å². The summed E-state index contributed by atoms with van der Waals surface area (Å²) in [4.78, 5) is 11.3. The second-order valence-electron chi connectivity index (χ2n) is 4.39. The molecule has 5 heteroatoms. The van der Waals surface area contributed by atoms with Crippen molar-refractivity contribution in [3.63, 3.8) is 0 Å². The summed E-state index contributed by atoms with van der Waals surface area (Å²) in [7, 11) is 0. The normalized spacial score (nSPS) is 10.3. The highest BCUT2D eigenvalue weighted by atomic mass is 79.9. The third-order valence-corrected chi connectivity index (χ3v) is 3.54. The van der Waals surface area contributed by atoms with E-state index >= 15 is 0 Å². The van der Waals surface area contributed by atoms with Gasteiger partial charge in [0.15, 0.2) is 0 Å². The zero-order valence-electron chi connectivity index (χ0n) is 10.8. The van der Waals surface area contributed by atoms with Crippen LogP contribution in [0.25, 0.3) is 0 Å². The van der Waals surface area contributed by atoms with Gasteiger partial charge in [0.2, 0.25) is 0 Å². The Balaban J connectivity index is 2.22. The van der Waals surface area contributed by atoms with E-state index in [2.05, 4.69) is 15.9 Å². The second-order valence-corrected chi connectivity index (χ2v) is 5.24. The molecule has 0 atom stereocenters. The van der Waals surface area contributed by atoms with Gasteiger partial charge in [0, 0.05) is 10.0 Å². The largest absolute Gasteiger partial charge is 0.488 e. The first kappa shape index (κ1) is 14.5. The summed E-state index contributed by atoms with van der Waals surface area (Å²) < 4.78 is 19.3. The molecule has 0 unspecified atom stereocenters. The summed E-state index contributed by atoms with van der Waals surface area (Å²) in [5.41, 5.74) is 7.38. The molecule has 3 nitrogen and oxygen atoms in total.